The van der Waals surface area contributed by atoms with E-state index in [1.165, 1.54) is 12.8 Å². The van der Waals surface area contributed by atoms with Crippen molar-refractivity contribution in [3.05, 3.63) is 53.7 Å². The number of rotatable bonds is 6. The fourth-order valence-corrected chi connectivity index (χ4v) is 4.58. The Balaban J connectivity index is 1.17. The molecule has 2 aromatic rings. The molecule has 2 saturated heterocycles. The van der Waals surface area contributed by atoms with E-state index in [4.69, 9.17) is 4.42 Å². The molecule has 156 valence electrons. The number of furan rings is 1. The molecule has 0 atom stereocenters. The van der Waals surface area contributed by atoms with Crippen LogP contribution in [0.2, 0.25) is 0 Å². The standard InChI is InChI=1S/C23H32N4O2/c1-18-5-6-22(29-18)17-26-12-9-21(10-13-26)27-14-7-19(8-15-27)23(28)25-16-20-4-2-3-11-24-20/h2-6,11,19,21H,7-10,12-17H2,1H3,(H,25,28). The maximum atomic E-state index is 12.5. The first-order valence-corrected chi connectivity index (χ1v) is 10.9. The second-order valence-electron chi connectivity index (χ2n) is 8.37. The summed E-state index contributed by atoms with van der Waals surface area (Å²) in [5, 5.41) is 3.06. The predicted octanol–water partition coefficient (Wildman–Crippen LogP) is 2.98. The molecule has 2 aliphatic heterocycles. The molecule has 0 saturated carbocycles. The van der Waals surface area contributed by atoms with Gasteiger partial charge in [-0.05, 0) is 70.0 Å². The Kier molecular flexibility index (Phi) is 6.62. The molecule has 2 fully saturated rings. The molecule has 2 aliphatic rings. The highest BCUT2D eigenvalue weighted by Gasteiger charge is 2.30. The van der Waals surface area contributed by atoms with Gasteiger partial charge in [-0.3, -0.25) is 14.7 Å². The molecule has 2 aromatic heterocycles. The van der Waals surface area contributed by atoms with Gasteiger partial charge in [0.2, 0.25) is 5.91 Å². The summed E-state index contributed by atoms with van der Waals surface area (Å²) in [4.78, 5) is 21.9. The fourth-order valence-electron chi connectivity index (χ4n) is 4.58. The lowest BCUT2D eigenvalue weighted by molar-refractivity contribution is -0.126. The van der Waals surface area contributed by atoms with E-state index in [1.807, 2.05) is 31.2 Å². The van der Waals surface area contributed by atoms with Crippen LogP contribution in [0.5, 0.6) is 0 Å². The van der Waals surface area contributed by atoms with Crippen molar-refractivity contribution in [1.29, 1.82) is 0 Å². The summed E-state index contributed by atoms with van der Waals surface area (Å²) >= 11 is 0. The molecule has 4 rings (SSSR count). The number of piperidine rings is 2. The number of aromatic nitrogens is 1. The molecule has 6 heteroatoms. The Morgan fingerprint density at radius 1 is 1.10 bits per heavy atom. The van der Waals surface area contributed by atoms with Crippen molar-refractivity contribution >= 4 is 5.91 Å². The Labute approximate surface area is 173 Å². The molecule has 0 radical (unpaired) electrons. The lowest BCUT2D eigenvalue weighted by Gasteiger charge is -2.41. The van der Waals surface area contributed by atoms with Gasteiger partial charge in [-0.15, -0.1) is 0 Å². The molecule has 0 unspecified atom stereocenters. The Morgan fingerprint density at radius 3 is 2.55 bits per heavy atom. The number of pyridine rings is 1. The number of aryl methyl sites for hydroxylation is 1. The van der Waals surface area contributed by atoms with Crippen LogP contribution in [-0.4, -0.2) is 52.9 Å². The third kappa shape index (κ3) is 5.46. The van der Waals surface area contributed by atoms with Gasteiger partial charge in [0.25, 0.3) is 0 Å². The zero-order valence-corrected chi connectivity index (χ0v) is 17.3. The summed E-state index contributed by atoms with van der Waals surface area (Å²) < 4.78 is 5.72. The number of nitrogens with zero attached hydrogens (tertiary/aromatic N) is 3. The van der Waals surface area contributed by atoms with E-state index in [9.17, 15) is 4.79 Å². The van der Waals surface area contributed by atoms with Crippen molar-refractivity contribution in [2.45, 2.75) is 51.7 Å². The van der Waals surface area contributed by atoms with E-state index in [0.717, 1.165) is 62.8 Å². The molecule has 6 nitrogen and oxygen atoms in total. The molecule has 0 aromatic carbocycles. The highest BCUT2D eigenvalue weighted by atomic mass is 16.3. The van der Waals surface area contributed by atoms with Crippen LogP contribution >= 0.6 is 0 Å². The van der Waals surface area contributed by atoms with Crippen molar-refractivity contribution in [3.8, 4) is 0 Å². The Morgan fingerprint density at radius 2 is 1.90 bits per heavy atom. The molecule has 0 bridgehead atoms. The quantitative estimate of drug-likeness (QED) is 0.813. The fraction of sp³-hybridized carbons (Fsp3) is 0.565. The highest BCUT2D eigenvalue weighted by molar-refractivity contribution is 5.78. The molecular formula is C23H32N4O2. The minimum absolute atomic E-state index is 0.136. The van der Waals surface area contributed by atoms with E-state index in [-0.39, 0.29) is 11.8 Å². The van der Waals surface area contributed by atoms with E-state index in [0.29, 0.717) is 12.6 Å². The molecule has 0 spiro atoms. The number of carbonyl (C=O) groups excluding carboxylic acids is 1. The van der Waals surface area contributed by atoms with Crippen molar-refractivity contribution in [1.82, 2.24) is 20.1 Å². The minimum Gasteiger partial charge on any atom is -0.465 e. The molecule has 0 aliphatic carbocycles. The van der Waals surface area contributed by atoms with Crippen LogP contribution in [0.1, 0.15) is 42.9 Å². The van der Waals surface area contributed by atoms with Gasteiger partial charge < -0.3 is 14.6 Å². The summed E-state index contributed by atoms with van der Waals surface area (Å²) in [5.41, 5.74) is 0.912. The van der Waals surface area contributed by atoms with Crippen LogP contribution in [0.4, 0.5) is 0 Å². The highest BCUT2D eigenvalue weighted by Crippen LogP contribution is 2.25. The van der Waals surface area contributed by atoms with Gasteiger partial charge in [0.1, 0.15) is 11.5 Å². The number of hydrogen-bond donors (Lipinski definition) is 1. The van der Waals surface area contributed by atoms with E-state index in [2.05, 4.69) is 26.2 Å². The van der Waals surface area contributed by atoms with Crippen LogP contribution in [0, 0.1) is 12.8 Å². The molecule has 29 heavy (non-hydrogen) atoms. The van der Waals surface area contributed by atoms with Gasteiger partial charge in [-0.1, -0.05) is 6.07 Å². The average molecular weight is 397 g/mol. The third-order valence-electron chi connectivity index (χ3n) is 6.32. The number of amides is 1. The lowest BCUT2D eigenvalue weighted by Crippen LogP contribution is -2.49. The summed E-state index contributed by atoms with van der Waals surface area (Å²) in [6.45, 7) is 7.74. The monoisotopic (exact) mass is 396 g/mol. The number of hydrogen-bond acceptors (Lipinski definition) is 5. The second kappa shape index (κ2) is 9.55. The van der Waals surface area contributed by atoms with Crippen molar-refractivity contribution in [3.63, 3.8) is 0 Å². The molecular weight excluding hydrogens is 364 g/mol. The van der Waals surface area contributed by atoms with Gasteiger partial charge in [-0.2, -0.15) is 0 Å². The normalized spacial score (nSPS) is 20.0. The molecule has 1 amide bonds. The first kappa shape index (κ1) is 20.1. The average Bonchev–Trinajstić information content (AvgIpc) is 3.18. The maximum absolute atomic E-state index is 12.5. The summed E-state index contributed by atoms with van der Waals surface area (Å²) in [6, 6.07) is 10.6. The van der Waals surface area contributed by atoms with E-state index >= 15 is 0 Å². The van der Waals surface area contributed by atoms with Gasteiger partial charge in [0.05, 0.1) is 18.8 Å². The van der Waals surface area contributed by atoms with Crippen LogP contribution in [0.15, 0.2) is 40.9 Å². The second-order valence-corrected chi connectivity index (χ2v) is 8.37. The third-order valence-corrected chi connectivity index (χ3v) is 6.32. The van der Waals surface area contributed by atoms with Crippen molar-refractivity contribution in [2.24, 2.45) is 5.92 Å². The largest absolute Gasteiger partial charge is 0.465 e. The lowest BCUT2D eigenvalue weighted by atomic mass is 9.92. The van der Waals surface area contributed by atoms with Crippen molar-refractivity contribution < 1.29 is 9.21 Å². The van der Waals surface area contributed by atoms with Crippen LogP contribution in [0.25, 0.3) is 0 Å². The van der Waals surface area contributed by atoms with Gasteiger partial charge >= 0.3 is 0 Å². The zero-order valence-electron chi connectivity index (χ0n) is 17.3. The van der Waals surface area contributed by atoms with E-state index in [1.54, 1.807) is 6.20 Å². The van der Waals surface area contributed by atoms with Gasteiger partial charge in [0.15, 0.2) is 0 Å². The predicted molar refractivity (Wildman–Crippen MR) is 112 cm³/mol. The van der Waals surface area contributed by atoms with Crippen LogP contribution < -0.4 is 5.32 Å². The molecule has 1 N–H and O–H groups in total. The Bertz CT molecular complexity index is 775. The smallest absolute Gasteiger partial charge is 0.223 e. The maximum Gasteiger partial charge on any atom is 0.223 e. The van der Waals surface area contributed by atoms with Crippen molar-refractivity contribution in [2.75, 3.05) is 26.2 Å². The minimum atomic E-state index is 0.136. The summed E-state index contributed by atoms with van der Waals surface area (Å²) in [5.74, 6) is 2.37. The number of likely N-dealkylation sites (tertiary alicyclic amines) is 2. The summed E-state index contributed by atoms with van der Waals surface area (Å²) in [6.07, 6.45) is 6.09. The summed E-state index contributed by atoms with van der Waals surface area (Å²) in [7, 11) is 0. The van der Waals surface area contributed by atoms with Gasteiger partial charge in [0, 0.05) is 31.2 Å². The first-order valence-electron chi connectivity index (χ1n) is 10.9. The first-order chi connectivity index (χ1) is 14.2. The van der Waals surface area contributed by atoms with Gasteiger partial charge in [-0.25, -0.2) is 0 Å². The number of carbonyl (C=O) groups is 1. The van der Waals surface area contributed by atoms with Crippen LogP contribution in [0.3, 0.4) is 0 Å². The molecule has 4 heterocycles. The van der Waals surface area contributed by atoms with E-state index < -0.39 is 0 Å². The SMILES string of the molecule is Cc1ccc(CN2CCC(N3CCC(C(=O)NCc4ccccn4)CC3)CC2)o1. The zero-order chi connectivity index (χ0) is 20.1. The topological polar surface area (TPSA) is 61.6 Å². The Hall–Kier alpha value is -2.18. The van der Waals surface area contributed by atoms with Crippen LogP contribution in [-0.2, 0) is 17.9 Å². The number of nitrogens with one attached hydrogen (secondary N) is 1.